The molecule has 0 aliphatic carbocycles. The smallest absolute Gasteiger partial charge is 0.0359 e. The van der Waals surface area contributed by atoms with E-state index in [1.54, 1.807) is 0 Å². The number of rotatable bonds is 3. The van der Waals surface area contributed by atoms with Crippen LogP contribution in [0.2, 0.25) is 0 Å². The molecule has 2 fully saturated rings. The second-order valence-electron chi connectivity index (χ2n) is 6.57. The molecule has 2 N–H and O–H groups in total. The van der Waals surface area contributed by atoms with Crippen LogP contribution >= 0.6 is 11.8 Å². The molecule has 0 aromatic rings. The molecular weight excluding hydrogens is 254 g/mol. The fourth-order valence-corrected chi connectivity index (χ4v) is 4.77. The standard InChI is InChI=1S/C15H31N3S/c1-12(2)17-7-5-15(11-16,6-8-17)18-9-10-19-14(4)13(18)3/h12-14H,5-11,16H2,1-4H3. The number of hydrogen-bond donors (Lipinski definition) is 1. The lowest BCUT2D eigenvalue weighted by Crippen LogP contribution is -2.65. The molecule has 0 amide bonds. The summed E-state index contributed by atoms with van der Waals surface area (Å²) in [4.78, 5) is 5.34. The first-order valence-electron chi connectivity index (χ1n) is 7.82. The number of nitrogens with two attached hydrogens (primary N) is 1. The van der Waals surface area contributed by atoms with E-state index in [4.69, 9.17) is 5.73 Å². The van der Waals surface area contributed by atoms with Gasteiger partial charge in [0.05, 0.1) is 0 Å². The third-order valence-electron chi connectivity index (χ3n) is 5.33. The normalized spacial score (nSPS) is 33.8. The fourth-order valence-electron chi connectivity index (χ4n) is 3.67. The lowest BCUT2D eigenvalue weighted by atomic mass is 9.83. The number of hydrogen-bond acceptors (Lipinski definition) is 4. The van der Waals surface area contributed by atoms with Gasteiger partial charge in [0.1, 0.15) is 0 Å². The van der Waals surface area contributed by atoms with Crippen molar-refractivity contribution in [1.82, 2.24) is 9.80 Å². The molecule has 2 rings (SSSR count). The van der Waals surface area contributed by atoms with E-state index in [1.807, 2.05) is 0 Å². The van der Waals surface area contributed by atoms with Crippen LogP contribution in [0.5, 0.6) is 0 Å². The highest BCUT2D eigenvalue weighted by molar-refractivity contribution is 8.00. The van der Waals surface area contributed by atoms with E-state index < -0.39 is 0 Å². The molecule has 4 heteroatoms. The Balaban J connectivity index is 2.07. The predicted molar refractivity (Wildman–Crippen MR) is 85.8 cm³/mol. The maximum Gasteiger partial charge on any atom is 0.0359 e. The van der Waals surface area contributed by atoms with Crippen molar-refractivity contribution < 1.29 is 0 Å². The van der Waals surface area contributed by atoms with Crippen molar-refractivity contribution >= 4 is 11.8 Å². The van der Waals surface area contributed by atoms with E-state index in [0.717, 1.165) is 11.8 Å². The van der Waals surface area contributed by atoms with E-state index in [9.17, 15) is 0 Å². The van der Waals surface area contributed by atoms with Gasteiger partial charge in [0.15, 0.2) is 0 Å². The number of piperidine rings is 1. The summed E-state index contributed by atoms with van der Waals surface area (Å²) in [5.74, 6) is 1.27. The number of thioether (sulfide) groups is 1. The van der Waals surface area contributed by atoms with Crippen LogP contribution in [0.4, 0.5) is 0 Å². The molecule has 0 bridgehead atoms. The van der Waals surface area contributed by atoms with Crippen LogP contribution in [-0.2, 0) is 0 Å². The predicted octanol–water partition coefficient (Wildman–Crippen LogP) is 2.01. The van der Waals surface area contributed by atoms with Crippen molar-refractivity contribution in [2.45, 2.75) is 63.4 Å². The maximum absolute atomic E-state index is 6.23. The minimum atomic E-state index is 0.264. The van der Waals surface area contributed by atoms with Crippen LogP contribution in [0.3, 0.4) is 0 Å². The first-order valence-corrected chi connectivity index (χ1v) is 8.87. The highest BCUT2D eigenvalue weighted by Crippen LogP contribution is 2.36. The van der Waals surface area contributed by atoms with Gasteiger partial charge < -0.3 is 10.6 Å². The Labute approximate surface area is 123 Å². The minimum absolute atomic E-state index is 0.264. The molecule has 3 nitrogen and oxygen atoms in total. The molecule has 0 saturated carbocycles. The van der Waals surface area contributed by atoms with Crippen molar-refractivity contribution in [2.75, 3.05) is 31.9 Å². The summed E-state index contributed by atoms with van der Waals surface area (Å²) in [6.45, 7) is 13.8. The molecule has 112 valence electrons. The first-order chi connectivity index (χ1) is 9.00. The van der Waals surface area contributed by atoms with Gasteiger partial charge in [-0.05, 0) is 33.6 Å². The van der Waals surface area contributed by atoms with E-state index in [-0.39, 0.29) is 5.54 Å². The van der Waals surface area contributed by atoms with E-state index >= 15 is 0 Å². The van der Waals surface area contributed by atoms with Gasteiger partial charge in [-0.1, -0.05) is 6.92 Å². The van der Waals surface area contributed by atoms with E-state index in [1.165, 1.54) is 38.2 Å². The second-order valence-corrected chi connectivity index (χ2v) is 8.05. The van der Waals surface area contributed by atoms with Crippen molar-refractivity contribution in [3.05, 3.63) is 0 Å². The zero-order valence-electron chi connectivity index (χ0n) is 13.1. The van der Waals surface area contributed by atoms with Gasteiger partial charge >= 0.3 is 0 Å². The van der Waals surface area contributed by atoms with Gasteiger partial charge in [-0.3, -0.25) is 4.90 Å². The van der Waals surface area contributed by atoms with Gasteiger partial charge in [-0.25, -0.2) is 0 Å². The van der Waals surface area contributed by atoms with Crippen LogP contribution < -0.4 is 5.73 Å². The summed E-state index contributed by atoms with van der Waals surface area (Å²) in [5.41, 5.74) is 6.50. The molecule has 19 heavy (non-hydrogen) atoms. The van der Waals surface area contributed by atoms with Crippen LogP contribution in [0.15, 0.2) is 0 Å². The van der Waals surface area contributed by atoms with Gasteiger partial charge in [-0.15, -0.1) is 0 Å². The summed E-state index contributed by atoms with van der Waals surface area (Å²) in [6, 6.07) is 1.33. The number of likely N-dealkylation sites (tertiary alicyclic amines) is 1. The molecule has 2 aliphatic rings. The highest BCUT2D eigenvalue weighted by Gasteiger charge is 2.43. The summed E-state index contributed by atoms with van der Waals surface area (Å²) in [6.07, 6.45) is 2.48. The average Bonchev–Trinajstić information content (AvgIpc) is 2.42. The van der Waals surface area contributed by atoms with Crippen molar-refractivity contribution in [1.29, 1.82) is 0 Å². The summed E-state index contributed by atoms with van der Waals surface area (Å²) < 4.78 is 0. The molecule has 0 spiro atoms. The number of nitrogens with zero attached hydrogens (tertiary/aromatic N) is 2. The van der Waals surface area contributed by atoms with Gasteiger partial charge in [-0.2, -0.15) is 11.8 Å². The Morgan fingerprint density at radius 2 is 1.84 bits per heavy atom. The van der Waals surface area contributed by atoms with E-state index in [0.29, 0.717) is 12.1 Å². The SMILES string of the molecule is CC1SCCN(C2(CN)CCN(C(C)C)CC2)C1C. The molecule has 0 radical (unpaired) electrons. The van der Waals surface area contributed by atoms with Gasteiger partial charge in [0, 0.05) is 54.8 Å². The Kier molecular flexibility index (Phi) is 5.21. The molecule has 2 atom stereocenters. The monoisotopic (exact) mass is 285 g/mol. The van der Waals surface area contributed by atoms with Crippen molar-refractivity contribution in [3.8, 4) is 0 Å². The lowest BCUT2D eigenvalue weighted by Gasteiger charge is -2.54. The molecule has 2 aliphatic heterocycles. The largest absolute Gasteiger partial charge is 0.329 e. The molecule has 2 saturated heterocycles. The third kappa shape index (κ3) is 3.12. The molecule has 2 unspecified atom stereocenters. The average molecular weight is 286 g/mol. The molecule has 0 aromatic carbocycles. The third-order valence-corrected chi connectivity index (χ3v) is 6.67. The van der Waals surface area contributed by atoms with Crippen LogP contribution in [-0.4, -0.2) is 64.6 Å². The summed E-state index contributed by atoms with van der Waals surface area (Å²) in [5, 5.41) is 0.736. The summed E-state index contributed by atoms with van der Waals surface area (Å²) >= 11 is 2.12. The summed E-state index contributed by atoms with van der Waals surface area (Å²) in [7, 11) is 0. The maximum atomic E-state index is 6.23. The lowest BCUT2D eigenvalue weighted by molar-refractivity contribution is -0.00349. The topological polar surface area (TPSA) is 32.5 Å². The van der Waals surface area contributed by atoms with Crippen molar-refractivity contribution in [2.24, 2.45) is 5.73 Å². The zero-order chi connectivity index (χ0) is 14.0. The molecular formula is C15H31N3S. The Morgan fingerprint density at radius 3 is 2.37 bits per heavy atom. The van der Waals surface area contributed by atoms with Gasteiger partial charge in [0.2, 0.25) is 0 Å². The Hall–Kier alpha value is 0.230. The second kappa shape index (κ2) is 6.33. The zero-order valence-corrected chi connectivity index (χ0v) is 13.9. The highest BCUT2D eigenvalue weighted by atomic mass is 32.2. The van der Waals surface area contributed by atoms with Gasteiger partial charge in [0.25, 0.3) is 0 Å². The Bertz CT molecular complexity index is 287. The quantitative estimate of drug-likeness (QED) is 0.860. The first kappa shape index (κ1) is 15.6. The minimum Gasteiger partial charge on any atom is -0.329 e. The van der Waals surface area contributed by atoms with Crippen LogP contribution in [0.1, 0.15) is 40.5 Å². The van der Waals surface area contributed by atoms with Crippen LogP contribution in [0.25, 0.3) is 0 Å². The molecule has 0 aromatic heterocycles. The Morgan fingerprint density at radius 1 is 1.21 bits per heavy atom. The van der Waals surface area contributed by atoms with E-state index in [2.05, 4.69) is 49.3 Å². The fraction of sp³-hybridized carbons (Fsp3) is 1.00. The van der Waals surface area contributed by atoms with Crippen molar-refractivity contribution in [3.63, 3.8) is 0 Å². The van der Waals surface area contributed by atoms with Crippen LogP contribution in [0, 0.1) is 0 Å². The molecule has 2 heterocycles.